The minimum Gasteiger partial charge on any atom is -0.481 e. The summed E-state index contributed by atoms with van der Waals surface area (Å²) < 4.78 is 1.77. The van der Waals surface area contributed by atoms with E-state index >= 15 is 0 Å². The number of aromatic nitrogens is 2. The van der Waals surface area contributed by atoms with Gasteiger partial charge in [-0.3, -0.25) is 9.59 Å². The summed E-state index contributed by atoms with van der Waals surface area (Å²) in [6.07, 6.45) is 3.94. The van der Waals surface area contributed by atoms with E-state index in [1.165, 1.54) is 0 Å². The second-order valence-electron chi connectivity index (χ2n) is 5.72. The smallest absolute Gasteiger partial charge is 0.307 e. The van der Waals surface area contributed by atoms with Crippen molar-refractivity contribution in [3.63, 3.8) is 0 Å². The normalized spacial score (nSPS) is 22.0. The van der Waals surface area contributed by atoms with Gasteiger partial charge in [-0.2, -0.15) is 5.10 Å². The third-order valence-electron chi connectivity index (χ3n) is 4.01. The Bertz CT molecular complexity index is 524. The second kappa shape index (κ2) is 6.74. The number of hydrogen-bond acceptors (Lipinski definition) is 3. The maximum Gasteiger partial charge on any atom is 0.307 e. The highest BCUT2D eigenvalue weighted by atomic mass is 16.4. The highest BCUT2D eigenvalue weighted by molar-refractivity contribution is 5.94. The lowest BCUT2D eigenvalue weighted by molar-refractivity contribution is -0.147. The summed E-state index contributed by atoms with van der Waals surface area (Å²) >= 11 is 0. The van der Waals surface area contributed by atoms with Gasteiger partial charge in [0.05, 0.1) is 17.5 Å². The molecule has 2 rings (SSSR count). The van der Waals surface area contributed by atoms with Crippen molar-refractivity contribution in [1.82, 2.24) is 9.78 Å². The molecule has 1 saturated carbocycles. The maximum atomic E-state index is 12.4. The number of aryl methyl sites for hydroxylation is 2. The molecule has 6 nitrogen and oxygen atoms in total. The van der Waals surface area contributed by atoms with Gasteiger partial charge in [-0.15, -0.1) is 0 Å². The number of nitrogens with one attached hydrogen (secondary N) is 1. The monoisotopic (exact) mass is 293 g/mol. The molecule has 2 N–H and O–H groups in total. The van der Waals surface area contributed by atoms with Gasteiger partial charge in [0.2, 0.25) is 5.91 Å². The van der Waals surface area contributed by atoms with E-state index in [1.807, 2.05) is 19.9 Å². The van der Waals surface area contributed by atoms with Crippen LogP contribution in [0.3, 0.4) is 0 Å². The van der Waals surface area contributed by atoms with Gasteiger partial charge in [0, 0.05) is 12.6 Å². The first-order valence-electron chi connectivity index (χ1n) is 7.61. The Labute approximate surface area is 124 Å². The lowest BCUT2D eigenvalue weighted by Gasteiger charge is -2.27. The largest absolute Gasteiger partial charge is 0.481 e. The summed E-state index contributed by atoms with van der Waals surface area (Å²) in [7, 11) is 0. The SMILES string of the molecule is CCCn1nc(C)cc1NC(=O)C1CCCCC1C(=O)O. The van der Waals surface area contributed by atoms with Crippen LogP contribution in [0.15, 0.2) is 6.07 Å². The Hall–Kier alpha value is -1.85. The van der Waals surface area contributed by atoms with E-state index in [4.69, 9.17) is 0 Å². The van der Waals surface area contributed by atoms with E-state index in [2.05, 4.69) is 10.4 Å². The predicted octanol–water partition coefficient (Wildman–Crippen LogP) is 2.43. The lowest BCUT2D eigenvalue weighted by Crippen LogP contribution is -2.36. The van der Waals surface area contributed by atoms with Gasteiger partial charge >= 0.3 is 5.97 Å². The average Bonchev–Trinajstić information content (AvgIpc) is 2.79. The number of amides is 1. The summed E-state index contributed by atoms with van der Waals surface area (Å²) in [6, 6.07) is 1.83. The number of carboxylic acid groups (broad SMARTS) is 1. The van der Waals surface area contributed by atoms with Gasteiger partial charge in [-0.25, -0.2) is 4.68 Å². The Morgan fingerprint density at radius 2 is 2.05 bits per heavy atom. The molecule has 1 heterocycles. The molecule has 2 unspecified atom stereocenters. The summed E-state index contributed by atoms with van der Waals surface area (Å²) in [5.74, 6) is -1.41. The number of carboxylic acids is 1. The molecule has 1 amide bonds. The van der Waals surface area contributed by atoms with Crippen molar-refractivity contribution in [2.24, 2.45) is 11.8 Å². The van der Waals surface area contributed by atoms with Crippen LogP contribution in [-0.4, -0.2) is 26.8 Å². The van der Waals surface area contributed by atoms with Crippen LogP contribution in [0.1, 0.15) is 44.7 Å². The first-order chi connectivity index (χ1) is 10.0. The summed E-state index contributed by atoms with van der Waals surface area (Å²) in [6.45, 7) is 4.66. The van der Waals surface area contributed by atoms with Crippen molar-refractivity contribution < 1.29 is 14.7 Å². The zero-order valence-corrected chi connectivity index (χ0v) is 12.6. The van der Waals surface area contributed by atoms with Crippen LogP contribution >= 0.6 is 0 Å². The number of rotatable bonds is 5. The molecule has 116 valence electrons. The molecule has 0 aliphatic heterocycles. The highest BCUT2D eigenvalue weighted by Crippen LogP contribution is 2.31. The third-order valence-corrected chi connectivity index (χ3v) is 4.01. The van der Waals surface area contributed by atoms with E-state index in [1.54, 1.807) is 4.68 Å². The first kappa shape index (κ1) is 15.5. The molecule has 1 aromatic rings. The molecule has 6 heteroatoms. The summed E-state index contributed by atoms with van der Waals surface area (Å²) in [4.78, 5) is 23.7. The molecule has 0 bridgehead atoms. The topological polar surface area (TPSA) is 84.2 Å². The summed E-state index contributed by atoms with van der Waals surface area (Å²) in [5.41, 5.74) is 0.845. The van der Waals surface area contributed by atoms with Crippen LogP contribution < -0.4 is 5.32 Å². The van der Waals surface area contributed by atoms with Gasteiger partial charge < -0.3 is 10.4 Å². The van der Waals surface area contributed by atoms with Crippen molar-refractivity contribution in [3.8, 4) is 0 Å². The number of hydrogen-bond donors (Lipinski definition) is 2. The van der Waals surface area contributed by atoms with Gasteiger partial charge in [0.15, 0.2) is 0 Å². The van der Waals surface area contributed by atoms with E-state index < -0.39 is 17.8 Å². The van der Waals surface area contributed by atoms with Gasteiger partial charge in [-0.05, 0) is 26.2 Å². The third kappa shape index (κ3) is 3.62. The Balaban J connectivity index is 2.11. The molecule has 21 heavy (non-hydrogen) atoms. The minimum absolute atomic E-state index is 0.195. The number of carbonyl (C=O) groups excluding carboxylic acids is 1. The highest BCUT2D eigenvalue weighted by Gasteiger charge is 2.36. The first-order valence-corrected chi connectivity index (χ1v) is 7.61. The number of nitrogens with zero attached hydrogens (tertiary/aromatic N) is 2. The number of carbonyl (C=O) groups is 2. The predicted molar refractivity (Wildman–Crippen MR) is 79.0 cm³/mol. The molecule has 2 atom stereocenters. The quantitative estimate of drug-likeness (QED) is 0.873. The van der Waals surface area contributed by atoms with Crippen LogP contribution in [0.4, 0.5) is 5.82 Å². The van der Waals surface area contributed by atoms with Gasteiger partial charge in [-0.1, -0.05) is 19.8 Å². The van der Waals surface area contributed by atoms with Gasteiger partial charge in [0.25, 0.3) is 0 Å². The standard InChI is InChI=1S/C15H23N3O3/c1-3-8-18-13(9-10(2)17-18)16-14(19)11-6-4-5-7-12(11)15(20)21/h9,11-12H,3-8H2,1-2H3,(H,16,19)(H,20,21). The van der Waals surface area contributed by atoms with E-state index in [0.29, 0.717) is 18.7 Å². The fourth-order valence-electron chi connectivity index (χ4n) is 2.99. The Morgan fingerprint density at radius 3 is 2.67 bits per heavy atom. The van der Waals surface area contributed by atoms with Crippen LogP contribution in [0.25, 0.3) is 0 Å². The minimum atomic E-state index is -0.868. The molecule has 1 aliphatic rings. The zero-order valence-electron chi connectivity index (χ0n) is 12.6. The maximum absolute atomic E-state index is 12.4. The van der Waals surface area contributed by atoms with E-state index in [9.17, 15) is 14.7 Å². The average molecular weight is 293 g/mol. The van der Waals surface area contributed by atoms with Crippen molar-refractivity contribution in [2.75, 3.05) is 5.32 Å². The second-order valence-corrected chi connectivity index (χ2v) is 5.72. The van der Waals surface area contributed by atoms with Crippen molar-refractivity contribution in [3.05, 3.63) is 11.8 Å². The van der Waals surface area contributed by atoms with Crippen LogP contribution in [-0.2, 0) is 16.1 Å². The number of anilines is 1. The van der Waals surface area contributed by atoms with Crippen LogP contribution in [0.5, 0.6) is 0 Å². The Morgan fingerprint density at radius 1 is 1.38 bits per heavy atom. The van der Waals surface area contributed by atoms with Crippen LogP contribution in [0.2, 0.25) is 0 Å². The van der Waals surface area contributed by atoms with Crippen LogP contribution in [0, 0.1) is 18.8 Å². The molecule has 0 aromatic carbocycles. The molecule has 1 fully saturated rings. The molecule has 0 spiro atoms. The molecule has 1 aromatic heterocycles. The van der Waals surface area contributed by atoms with E-state index in [-0.39, 0.29) is 5.91 Å². The lowest BCUT2D eigenvalue weighted by atomic mass is 9.79. The number of aliphatic carboxylic acids is 1. The van der Waals surface area contributed by atoms with E-state index in [0.717, 1.165) is 31.5 Å². The van der Waals surface area contributed by atoms with Crippen molar-refractivity contribution >= 4 is 17.7 Å². The zero-order chi connectivity index (χ0) is 15.4. The fourth-order valence-corrected chi connectivity index (χ4v) is 2.99. The van der Waals surface area contributed by atoms with Gasteiger partial charge in [0.1, 0.15) is 5.82 Å². The van der Waals surface area contributed by atoms with Crippen molar-refractivity contribution in [2.45, 2.75) is 52.5 Å². The summed E-state index contributed by atoms with van der Waals surface area (Å²) in [5, 5.41) is 16.5. The molecular formula is C15H23N3O3. The van der Waals surface area contributed by atoms with Crippen molar-refractivity contribution in [1.29, 1.82) is 0 Å². The molecular weight excluding hydrogens is 270 g/mol. The molecule has 0 radical (unpaired) electrons. The fraction of sp³-hybridized carbons (Fsp3) is 0.667. The molecule has 0 saturated heterocycles. The molecule has 1 aliphatic carbocycles. The Kier molecular flexibility index (Phi) is 4.98.